The molecular formula is C20H19N3O3. The molecule has 1 aromatic heterocycles. The van der Waals surface area contributed by atoms with Gasteiger partial charge >= 0.3 is 0 Å². The number of nitrogens with one attached hydrogen (secondary N) is 1. The molecule has 1 aliphatic rings. The second kappa shape index (κ2) is 7.31. The van der Waals surface area contributed by atoms with E-state index < -0.39 is 6.10 Å². The highest BCUT2D eigenvalue weighted by Crippen LogP contribution is 2.30. The topological polar surface area (TPSA) is 65.4 Å². The van der Waals surface area contributed by atoms with Crippen LogP contribution in [0.25, 0.3) is 11.1 Å². The van der Waals surface area contributed by atoms with Crippen molar-refractivity contribution in [1.29, 1.82) is 0 Å². The summed E-state index contributed by atoms with van der Waals surface area (Å²) in [6, 6.07) is 17.4. The van der Waals surface area contributed by atoms with Crippen molar-refractivity contribution in [3.63, 3.8) is 0 Å². The van der Waals surface area contributed by atoms with Gasteiger partial charge in [0.2, 0.25) is 6.10 Å². The average Bonchev–Trinajstić information content (AvgIpc) is 3.17. The van der Waals surface area contributed by atoms with Crippen molar-refractivity contribution in [2.24, 2.45) is 0 Å². The van der Waals surface area contributed by atoms with Crippen molar-refractivity contribution < 1.29 is 14.3 Å². The number of carbonyl (C=O) groups excluding carboxylic acids is 1. The molecule has 0 unspecified atom stereocenters. The third-order valence-corrected chi connectivity index (χ3v) is 4.18. The number of aromatic nitrogens is 2. The fourth-order valence-corrected chi connectivity index (χ4v) is 2.82. The molecule has 2 aromatic carbocycles. The minimum absolute atomic E-state index is 0.185. The van der Waals surface area contributed by atoms with Crippen LogP contribution >= 0.6 is 0 Å². The normalized spacial score (nSPS) is 15.5. The first-order valence-electron chi connectivity index (χ1n) is 8.54. The van der Waals surface area contributed by atoms with Gasteiger partial charge in [-0.25, -0.2) is 0 Å². The van der Waals surface area contributed by atoms with Gasteiger partial charge in [0.25, 0.3) is 5.91 Å². The number of rotatable bonds is 5. The van der Waals surface area contributed by atoms with Crippen LogP contribution in [-0.2, 0) is 11.3 Å². The van der Waals surface area contributed by atoms with Crippen molar-refractivity contribution >= 4 is 5.91 Å². The number of fused-ring (bicyclic) bond motifs is 1. The van der Waals surface area contributed by atoms with Crippen LogP contribution in [0.3, 0.4) is 0 Å². The quantitative estimate of drug-likeness (QED) is 0.769. The van der Waals surface area contributed by atoms with E-state index in [-0.39, 0.29) is 12.5 Å². The van der Waals surface area contributed by atoms with Crippen LogP contribution in [0.1, 0.15) is 0 Å². The van der Waals surface area contributed by atoms with E-state index in [4.69, 9.17) is 9.47 Å². The van der Waals surface area contributed by atoms with E-state index in [0.717, 1.165) is 11.1 Å². The van der Waals surface area contributed by atoms with Gasteiger partial charge in [-0.05, 0) is 17.7 Å². The van der Waals surface area contributed by atoms with Gasteiger partial charge in [-0.1, -0.05) is 42.5 Å². The zero-order chi connectivity index (χ0) is 17.8. The number of nitrogens with zero attached hydrogens (tertiary/aromatic N) is 2. The Morgan fingerprint density at radius 3 is 2.69 bits per heavy atom. The molecule has 1 aliphatic heterocycles. The first kappa shape index (κ1) is 16.2. The molecule has 4 rings (SSSR count). The van der Waals surface area contributed by atoms with E-state index in [1.165, 1.54) is 0 Å². The van der Waals surface area contributed by atoms with Gasteiger partial charge in [-0.15, -0.1) is 0 Å². The van der Waals surface area contributed by atoms with Crippen LogP contribution in [0.4, 0.5) is 0 Å². The molecule has 0 bridgehead atoms. The molecule has 1 amide bonds. The predicted octanol–water partition coefficient (Wildman–Crippen LogP) is 2.51. The van der Waals surface area contributed by atoms with Gasteiger partial charge < -0.3 is 14.8 Å². The Morgan fingerprint density at radius 2 is 1.85 bits per heavy atom. The van der Waals surface area contributed by atoms with E-state index in [0.29, 0.717) is 24.6 Å². The Labute approximate surface area is 151 Å². The van der Waals surface area contributed by atoms with Crippen molar-refractivity contribution in [2.75, 3.05) is 13.2 Å². The Morgan fingerprint density at radius 1 is 1.08 bits per heavy atom. The number of benzene rings is 2. The zero-order valence-electron chi connectivity index (χ0n) is 14.2. The number of carbonyl (C=O) groups is 1. The van der Waals surface area contributed by atoms with Gasteiger partial charge in [0.05, 0.1) is 12.7 Å². The fraction of sp³-hybridized carbons (Fsp3) is 0.200. The van der Waals surface area contributed by atoms with E-state index in [1.54, 1.807) is 6.07 Å². The van der Waals surface area contributed by atoms with Gasteiger partial charge in [0.15, 0.2) is 11.5 Å². The van der Waals surface area contributed by atoms with E-state index in [9.17, 15) is 4.79 Å². The molecule has 0 aliphatic carbocycles. The molecule has 1 atom stereocenters. The van der Waals surface area contributed by atoms with Gasteiger partial charge in [-0.3, -0.25) is 9.48 Å². The highest BCUT2D eigenvalue weighted by molar-refractivity contribution is 5.81. The largest absolute Gasteiger partial charge is 0.485 e. The minimum Gasteiger partial charge on any atom is -0.485 e. The summed E-state index contributed by atoms with van der Waals surface area (Å²) < 4.78 is 13.1. The van der Waals surface area contributed by atoms with Crippen LogP contribution in [0.2, 0.25) is 0 Å². The SMILES string of the molecule is O=C(NCCn1cc(-c2ccccc2)cn1)[C@@H]1COc2ccccc2O1. The number of amides is 1. The lowest BCUT2D eigenvalue weighted by atomic mass is 10.1. The molecule has 2 heterocycles. The molecule has 6 nitrogen and oxygen atoms in total. The van der Waals surface area contributed by atoms with Crippen molar-refractivity contribution in [2.45, 2.75) is 12.6 Å². The lowest BCUT2D eigenvalue weighted by molar-refractivity contribution is -0.130. The molecule has 6 heteroatoms. The molecule has 0 saturated carbocycles. The lowest BCUT2D eigenvalue weighted by Gasteiger charge is -2.25. The lowest BCUT2D eigenvalue weighted by Crippen LogP contribution is -2.44. The molecule has 0 fully saturated rings. The maximum absolute atomic E-state index is 12.3. The summed E-state index contributed by atoms with van der Waals surface area (Å²) >= 11 is 0. The number of ether oxygens (including phenoxy) is 2. The first-order chi connectivity index (χ1) is 12.8. The van der Waals surface area contributed by atoms with Crippen LogP contribution in [-0.4, -0.2) is 34.9 Å². The van der Waals surface area contributed by atoms with Gasteiger partial charge in [-0.2, -0.15) is 5.10 Å². The number of hydrogen-bond acceptors (Lipinski definition) is 4. The summed E-state index contributed by atoms with van der Waals surface area (Å²) in [7, 11) is 0. The second-order valence-electron chi connectivity index (χ2n) is 6.01. The molecule has 0 spiro atoms. The van der Waals surface area contributed by atoms with Crippen molar-refractivity contribution in [3.8, 4) is 22.6 Å². The van der Waals surface area contributed by atoms with Gasteiger partial charge in [0, 0.05) is 18.3 Å². The third kappa shape index (κ3) is 3.54. The summed E-state index contributed by atoms with van der Waals surface area (Å²) in [4.78, 5) is 12.3. The predicted molar refractivity (Wildman–Crippen MR) is 97.0 cm³/mol. The molecule has 26 heavy (non-hydrogen) atoms. The smallest absolute Gasteiger partial charge is 0.264 e. The number of para-hydroxylation sites is 2. The Kier molecular flexibility index (Phi) is 4.55. The maximum atomic E-state index is 12.3. The average molecular weight is 349 g/mol. The Hall–Kier alpha value is -3.28. The van der Waals surface area contributed by atoms with Crippen LogP contribution < -0.4 is 14.8 Å². The highest BCUT2D eigenvalue weighted by Gasteiger charge is 2.26. The summed E-state index contributed by atoms with van der Waals surface area (Å²) in [5, 5.41) is 7.22. The fourth-order valence-electron chi connectivity index (χ4n) is 2.82. The first-order valence-corrected chi connectivity index (χ1v) is 8.54. The summed E-state index contributed by atoms with van der Waals surface area (Å²) in [5.74, 6) is 1.08. The number of hydrogen-bond donors (Lipinski definition) is 1. The van der Waals surface area contributed by atoms with Gasteiger partial charge in [0.1, 0.15) is 6.61 Å². The Balaban J connectivity index is 1.29. The minimum atomic E-state index is -0.637. The third-order valence-electron chi connectivity index (χ3n) is 4.18. The molecule has 3 aromatic rings. The maximum Gasteiger partial charge on any atom is 0.264 e. The monoisotopic (exact) mass is 349 g/mol. The van der Waals surface area contributed by atoms with E-state index in [2.05, 4.69) is 10.4 Å². The van der Waals surface area contributed by atoms with Crippen molar-refractivity contribution in [3.05, 3.63) is 67.0 Å². The zero-order valence-corrected chi connectivity index (χ0v) is 14.2. The molecular weight excluding hydrogens is 330 g/mol. The molecule has 1 N–H and O–H groups in total. The summed E-state index contributed by atoms with van der Waals surface area (Å²) in [6.07, 6.45) is 3.16. The highest BCUT2D eigenvalue weighted by atomic mass is 16.6. The molecule has 0 radical (unpaired) electrons. The van der Waals surface area contributed by atoms with Crippen LogP contribution in [0, 0.1) is 0 Å². The van der Waals surface area contributed by atoms with Crippen molar-refractivity contribution in [1.82, 2.24) is 15.1 Å². The second-order valence-corrected chi connectivity index (χ2v) is 6.01. The molecule has 0 saturated heterocycles. The Bertz CT molecular complexity index is 892. The summed E-state index contributed by atoms with van der Waals surface area (Å²) in [6.45, 7) is 1.27. The van der Waals surface area contributed by atoms with E-state index >= 15 is 0 Å². The van der Waals surface area contributed by atoms with E-state index in [1.807, 2.05) is 65.6 Å². The standard InChI is InChI=1S/C20H19N3O3/c24-20(19-14-25-17-8-4-5-9-18(17)26-19)21-10-11-23-13-16(12-22-23)15-6-2-1-3-7-15/h1-9,12-13,19H,10-11,14H2,(H,21,24)/t19-/m0/s1. The summed E-state index contributed by atoms with van der Waals surface area (Å²) in [5.41, 5.74) is 2.17. The molecule has 132 valence electrons. The van der Waals surface area contributed by atoms with Crippen LogP contribution in [0.15, 0.2) is 67.0 Å². The van der Waals surface area contributed by atoms with Crippen LogP contribution in [0.5, 0.6) is 11.5 Å².